The molecule has 0 saturated heterocycles. The molecule has 0 aliphatic heterocycles. The molecule has 3 nitrogen and oxygen atoms in total. The van der Waals surface area contributed by atoms with Crippen LogP contribution in [0.3, 0.4) is 0 Å². The molecule has 0 saturated carbocycles. The van der Waals surface area contributed by atoms with Crippen molar-refractivity contribution in [3.63, 3.8) is 0 Å². The molecular weight excluding hydrogens is 198 g/mol. The summed E-state index contributed by atoms with van der Waals surface area (Å²) < 4.78 is 2.08. The highest BCUT2D eigenvalue weighted by molar-refractivity contribution is 5.00. The largest absolute Gasteiger partial charge is 0.305 e. The van der Waals surface area contributed by atoms with Gasteiger partial charge in [0.05, 0.1) is 11.7 Å². The predicted molar refractivity (Wildman–Crippen MR) is 68.3 cm³/mol. The fourth-order valence-corrected chi connectivity index (χ4v) is 1.69. The summed E-state index contributed by atoms with van der Waals surface area (Å²) in [5.74, 6) is 0. The van der Waals surface area contributed by atoms with Crippen molar-refractivity contribution in [3.8, 4) is 0 Å². The Labute approximate surface area is 98.5 Å². The molecule has 0 amide bonds. The molecule has 0 aliphatic carbocycles. The van der Waals surface area contributed by atoms with Crippen LogP contribution in [0.4, 0.5) is 0 Å². The molecule has 0 aromatic carbocycles. The van der Waals surface area contributed by atoms with Gasteiger partial charge in [0.2, 0.25) is 0 Å². The maximum absolute atomic E-state index is 4.58. The first-order chi connectivity index (χ1) is 7.71. The Balaban J connectivity index is 2.54. The van der Waals surface area contributed by atoms with Gasteiger partial charge in [0.25, 0.3) is 0 Å². The molecule has 1 aromatic rings. The minimum atomic E-state index is 0.332. The van der Waals surface area contributed by atoms with Crippen LogP contribution in [0.1, 0.15) is 45.3 Å². The summed E-state index contributed by atoms with van der Waals surface area (Å²) in [5.41, 5.74) is 1.10. The van der Waals surface area contributed by atoms with Crippen LogP contribution in [0.25, 0.3) is 0 Å². The first-order valence-electron chi connectivity index (χ1n) is 6.11. The van der Waals surface area contributed by atoms with Crippen LogP contribution < -0.4 is 5.32 Å². The molecule has 16 heavy (non-hydrogen) atoms. The van der Waals surface area contributed by atoms with Crippen molar-refractivity contribution in [2.45, 2.75) is 52.2 Å². The Kier molecular flexibility index (Phi) is 5.26. The fraction of sp³-hybridized carbons (Fsp3) is 0.615. The van der Waals surface area contributed by atoms with Gasteiger partial charge in [-0.2, -0.15) is 5.10 Å². The van der Waals surface area contributed by atoms with E-state index in [2.05, 4.69) is 54.7 Å². The maximum Gasteiger partial charge on any atom is 0.0762 e. The third-order valence-corrected chi connectivity index (χ3v) is 2.94. The Morgan fingerprint density at radius 3 is 2.75 bits per heavy atom. The lowest BCUT2D eigenvalue weighted by atomic mass is 10.2. The molecule has 1 aromatic heterocycles. The average Bonchev–Trinajstić information content (AvgIpc) is 2.76. The monoisotopic (exact) mass is 221 g/mol. The quantitative estimate of drug-likeness (QED) is 0.717. The Morgan fingerprint density at radius 2 is 2.19 bits per heavy atom. The summed E-state index contributed by atoms with van der Waals surface area (Å²) in [6.07, 6.45) is 6.24. The number of aromatic nitrogens is 2. The van der Waals surface area contributed by atoms with Crippen LogP contribution in [-0.4, -0.2) is 15.8 Å². The number of nitrogens with zero attached hydrogens (tertiary/aromatic N) is 2. The average molecular weight is 221 g/mol. The number of rotatable bonds is 7. The predicted octanol–water partition coefficient (Wildman–Crippen LogP) is 2.91. The minimum Gasteiger partial charge on any atom is -0.305 e. The van der Waals surface area contributed by atoms with Crippen LogP contribution in [0.2, 0.25) is 0 Å². The molecular formula is C13H23N3. The van der Waals surface area contributed by atoms with Gasteiger partial charge in [0.15, 0.2) is 0 Å². The highest BCUT2D eigenvalue weighted by atomic mass is 15.3. The minimum absolute atomic E-state index is 0.332. The molecule has 1 N–H and O–H groups in total. The fourth-order valence-electron chi connectivity index (χ4n) is 1.69. The first kappa shape index (κ1) is 13.0. The van der Waals surface area contributed by atoms with Gasteiger partial charge in [-0.25, -0.2) is 0 Å². The van der Waals surface area contributed by atoms with Gasteiger partial charge < -0.3 is 5.32 Å². The van der Waals surface area contributed by atoms with Gasteiger partial charge in [-0.3, -0.25) is 4.68 Å². The second-order valence-corrected chi connectivity index (χ2v) is 4.16. The molecule has 0 aliphatic rings. The molecule has 90 valence electrons. The third kappa shape index (κ3) is 3.49. The molecule has 0 fully saturated rings. The Hall–Kier alpha value is -1.09. The first-order valence-corrected chi connectivity index (χ1v) is 6.11. The second kappa shape index (κ2) is 6.48. The van der Waals surface area contributed by atoms with E-state index in [1.54, 1.807) is 0 Å². The molecule has 0 bridgehead atoms. The van der Waals surface area contributed by atoms with E-state index in [1.807, 2.05) is 6.08 Å². The van der Waals surface area contributed by atoms with Gasteiger partial charge in [-0.1, -0.05) is 19.9 Å². The lowest BCUT2D eigenvalue weighted by molar-refractivity contribution is 0.423. The van der Waals surface area contributed by atoms with Gasteiger partial charge in [-0.15, -0.1) is 6.58 Å². The molecule has 0 radical (unpaired) electrons. The van der Waals surface area contributed by atoms with Crippen LogP contribution >= 0.6 is 0 Å². The van der Waals surface area contributed by atoms with Gasteiger partial charge in [0, 0.05) is 18.8 Å². The highest BCUT2D eigenvalue weighted by Gasteiger charge is 2.07. The zero-order chi connectivity index (χ0) is 12.0. The molecule has 1 heterocycles. The van der Waals surface area contributed by atoms with Gasteiger partial charge >= 0.3 is 0 Å². The van der Waals surface area contributed by atoms with E-state index in [9.17, 15) is 0 Å². The molecule has 1 rings (SSSR count). The van der Waals surface area contributed by atoms with Crippen molar-refractivity contribution >= 4 is 0 Å². The van der Waals surface area contributed by atoms with Crippen LogP contribution in [0, 0.1) is 0 Å². The lowest BCUT2D eigenvalue weighted by Gasteiger charge is -2.12. The van der Waals surface area contributed by atoms with Crippen molar-refractivity contribution < 1.29 is 0 Å². The molecule has 3 heteroatoms. The van der Waals surface area contributed by atoms with E-state index in [1.165, 1.54) is 0 Å². The molecule has 1 unspecified atom stereocenters. The van der Waals surface area contributed by atoms with E-state index in [-0.39, 0.29) is 0 Å². The summed E-state index contributed by atoms with van der Waals surface area (Å²) in [6.45, 7) is 11.0. The van der Waals surface area contributed by atoms with Crippen molar-refractivity contribution in [1.29, 1.82) is 0 Å². The van der Waals surface area contributed by atoms with E-state index >= 15 is 0 Å². The van der Waals surface area contributed by atoms with Crippen molar-refractivity contribution in [2.24, 2.45) is 0 Å². The van der Waals surface area contributed by atoms with Gasteiger partial charge in [-0.05, 0) is 25.8 Å². The maximum atomic E-state index is 4.58. The van der Waals surface area contributed by atoms with E-state index in [4.69, 9.17) is 0 Å². The van der Waals surface area contributed by atoms with Crippen LogP contribution in [-0.2, 0) is 6.54 Å². The van der Waals surface area contributed by atoms with Crippen molar-refractivity contribution in [3.05, 3.63) is 30.6 Å². The number of hydrogen-bond acceptors (Lipinski definition) is 2. The SMILES string of the molecule is C=CC(C)NCc1ccn(C(CC)CC)n1. The van der Waals surface area contributed by atoms with E-state index < -0.39 is 0 Å². The summed E-state index contributed by atoms with van der Waals surface area (Å²) in [5, 5.41) is 7.92. The number of nitrogens with one attached hydrogen (secondary N) is 1. The summed E-state index contributed by atoms with van der Waals surface area (Å²) in [7, 11) is 0. The zero-order valence-electron chi connectivity index (χ0n) is 10.6. The lowest BCUT2D eigenvalue weighted by Crippen LogP contribution is -2.23. The second-order valence-electron chi connectivity index (χ2n) is 4.16. The normalized spacial score (nSPS) is 13.0. The Bertz CT molecular complexity index is 313. The van der Waals surface area contributed by atoms with Crippen LogP contribution in [0.15, 0.2) is 24.9 Å². The third-order valence-electron chi connectivity index (χ3n) is 2.94. The van der Waals surface area contributed by atoms with E-state index in [0.717, 1.165) is 25.1 Å². The highest BCUT2D eigenvalue weighted by Crippen LogP contribution is 2.14. The molecule has 0 spiro atoms. The smallest absolute Gasteiger partial charge is 0.0762 e. The number of hydrogen-bond donors (Lipinski definition) is 1. The Morgan fingerprint density at radius 1 is 1.50 bits per heavy atom. The summed E-state index contributed by atoms with van der Waals surface area (Å²) in [4.78, 5) is 0. The van der Waals surface area contributed by atoms with E-state index in [0.29, 0.717) is 12.1 Å². The zero-order valence-corrected chi connectivity index (χ0v) is 10.6. The van der Waals surface area contributed by atoms with Crippen LogP contribution in [0.5, 0.6) is 0 Å². The standard InChI is InChI=1S/C13H23N3/c1-5-11(4)14-10-12-8-9-16(15-12)13(6-2)7-3/h5,8-9,11,13-14H,1,6-7,10H2,2-4H3. The molecule has 1 atom stereocenters. The van der Waals surface area contributed by atoms with Crippen molar-refractivity contribution in [2.75, 3.05) is 0 Å². The van der Waals surface area contributed by atoms with Crippen molar-refractivity contribution in [1.82, 2.24) is 15.1 Å². The summed E-state index contributed by atoms with van der Waals surface area (Å²) in [6, 6.07) is 2.95. The van der Waals surface area contributed by atoms with Gasteiger partial charge in [0.1, 0.15) is 0 Å². The topological polar surface area (TPSA) is 29.9 Å². The summed E-state index contributed by atoms with van der Waals surface area (Å²) >= 11 is 0.